The predicted octanol–water partition coefficient (Wildman–Crippen LogP) is 2.17. The zero-order valence-corrected chi connectivity index (χ0v) is 12.8. The molecular weight excluding hydrogens is 258 g/mol. The SMILES string of the molecule is CC(C)(C)OC(=O)N1CCC(COC2CC(O)C2)CC1. The van der Waals surface area contributed by atoms with Crippen LogP contribution in [0.4, 0.5) is 4.79 Å². The monoisotopic (exact) mass is 285 g/mol. The summed E-state index contributed by atoms with van der Waals surface area (Å²) in [5, 5.41) is 9.21. The van der Waals surface area contributed by atoms with Crippen molar-refractivity contribution in [1.29, 1.82) is 0 Å². The summed E-state index contributed by atoms with van der Waals surface area (Å²) >= 11 is 0. The lowest BCUT2D eigenvalue weighted by Crippen LogP contribution is -2.43. The summed E-state index contributed by atoms with van der Waals surface area (Å²) in [7, 11) is 0. The molecule has 2 fully saturated rings. The summed E-state index contributed by atoms with van der Waals surface area (Å²) in [5.74, 6) is 0.520. The van der Waals surface area contributed by atoms with Crippen LogP contribution in [0.2, 0.25) is 0 Å². The van der Waals surface area contributed by atoms with Crippen molar-refractivity contribution in [1.82, 2.24) is 4.90 Å². The van der Waals surface area contributed by atoms with E-state index >= 15 is 0 Å². The number of carbonyl (C=O) groups is 1. The molecular formula is C15H27NO4. The van der Waals surface area contributed by atoms with Crippen molar-refractivity contribution in [3.05, 3.63) is 0 Å². The van der Waals surface area contributed by atoms with Gasteiger partial charge in [0.25, 0.3) is 0 Å². The molecule has 0 spiro atoms. The Morgan fingerprint density at radius 3 is 2.35 bits per heavy atom. The molecule has 20 heavy (non-hydrogen) atoms. The Kier molecular flexibility index (Phi) is 4.91. The maximum atomic E-state index is 11.9. The second kappa shape index (κ2) is 6.31. The van der Waals surface area contributed by atoms with Crippen LogP contribution < -0.4 is 0 Å². The van der Waals surface area contributed by atoms with Gasteiger partial charge in [-0.3, -0.25) is 0 Å². The number of rotatable bonds is 3. The summed E-state index contributed by atoms with van der Waals surface area (Å²) in [6.45, 7) is 7.90. The van der Waals surface area contributed by atoms with Crippen LogP contribution in [0.1, 0.15) is 46.5 Å². The van der Waals surface area contributed by atoms with Crippen LogP contribution >= 0.6 is 0 Å². The van der Waals surface area contributed by atoms with Crippen LogP contribution in [0.3, 0.4) is 0 Å². The molecule has 1 N–H and O–H groups in total. The summed E-state index contributed by atoms with van der Waals surface area (Å²) in [6, 6.07) is 0. The van der Waals surface area contributed by atoms with E-state index in [9.17, 15) is 9.90 Å². The van der Waals surface area contributed by atoms with Gasteiger partial charge in [-0.25, -0.2) is 4.79 Å². The quantitative estimate of drug-likeness (QED) is 0.863. The van der Waals surface area contributed by atoms with Crippen LogP contribution in [0.5, 0.6) is 0 Å². The summed E-state index contributed by atoms with van der Waals surface area (Å²) in [5.41, 5.74) is -0.428. The average molecular weight is 285 g/mol. The molecule has 116 valence electrons. The number of aliphatic hydroxyl groups is 1. The predicted molar refractivity (Wildman–Crippen MR) is 75.5 cm³/mol. The van der Waals surface area contributed by atoms with E-state index in [0.29, 0.717) is 5.92 Å². The van der Waals surface area contributed by atoms with Gasteiger partial charge in [0, 0.05) is 19.7 Å². The van der Waals surface area contributed by atoms with E-state index < -0.39 is 5.60 Å². The Morgan fingerprint density at radius 1 is 1.25 bits per heavy atom. The third kappa shape index (κ3) is 4.63. The van der Waals surface area contributed by atoms with E-state index in [2.05, 4.69) is 0 Å². The second-order valence-electron chi connectivity index (χ2n) is 6.99. The van der Waals surface area contributed by atoms with Gasteiger partial charge in [0.2, 0.25) is 0 Å². The minimum atomic E-state index is -0.428. The van der Waals surface area contributed by atoms with Crippen molar-refractivity contribution in [2.24, 2.45) is 5.92 Å². The number of hydrogen-bond donors (Lipinski definition) is 1. The van der Waals surface area contributed by atoms with Gasteiger partial charge in [-0.1, -0.05) is 0 Å². The van der Waals surface area contributed by atoms with Gasteiger partial charge < -0.3 is 19.5 Å². The fourth-order valence-corrected chi connectivity index (χ4v) is 2.55. The van der Waals surface area contributed by atoms with Gasteiger partial charge >= 0.3 is 6.09 Å². The van der Waals surface area contributed by atoms with Crippen molar-refractivity contribution in [2.45, 2.75) is 64.3 Å². The molecule has 2 rings (SSSR count). The molecule has 1 saturated carbocycles. The molecule has 1 amide bonds. The third-order valence-electron chi connectivity index (χ3n) is 3.90. The number of hydrogen-bond acceptors (Lipinski definition) is 4. The van der Waals surface area contributed by atoms with E-state index in [-0.39, 0.29) is 18.3 Å². The first-order valence-electron chi connectivity index (χ1n) is 7.61. The molecule has 1 aliphatic heterocycles. The molecule has 0 aromatic heterocycles. The van der Waals surface area contributed by atoms with Crippen LogP contribution in [0, 0.1) is 5.92 Å². The number of aliphatic hydroxyl groups excluding tert-OH is 1. The Labute approximate surface area is 121 Å². The van der Waals surface area contributed by atoms with Gasteiger partial charge in [-0.05, 0) is 52.4 Å². The fraction of sp³-hybridized carbons (Fsp3) is 0.933. The zero-order chi connectivity index (χ0) is 14.8. The first-order chi connectivity index (χ1) is 9.33. The Balaban J connectivity index is 1.63. The number of piperidine rings is 1. The van der Waals surface area contributed by atoms with Gasteiger partial charge in [0.05, 0.1) is 12.2 Å². The number of amides is 1. The number of ether oxygens (including phenoxy) is 2. The van der Waals surface area contributed by atoms with Crippen molar-refractivity contribution < 1.29 is 19.4 Å². The lowest BCUT2D eigenvalue weighted by Gasteiger charge is -2.36. The second-order valence-corrected chi connectivity index (χ2v) is 6.99. The molecule has 0 bridgehead atoms. The molecule has 1 aliphatic carbocycles. The van der Waals surface area contributed by atoms with Gasteiger partial charge in [-0.2, -0.15) is 0 Å². The van der Waals surface area contributed by atoms with Crippen LogP contribution in [0.15, 0.2) is 0 Å². The zero-order valence-electron chi connectivity index (χ0n) is 12.8. The smallest absolute Gasteiger partial charge is 0.410 e. The van der Waals surface area contributed by atoms with E-state index in [0.717, 1.165) is 45.4 Å². The summed E-state index contributed by atoms with van der Waals surface area (Å²) < 4.78 is 11.1. The topological polar surface area (TPSA) is 59.0 Å². The molecule has 5 heteroatoms. The van der Waals surface area contributed by atoms with Crippen molar-refractivity contribution in [3.63, 3.8) is 0 Å². The molecule has 5 nitrogen and oxygen atoms in total. The molecule has 0 aromatic rings. The normalized spacial score (nSPS) is 28.1. The highest BCUT2D eigenvalue weighted by molar-refractivity contribution is 5.68. The van der Waals surface area contributed by atoms with E-state index in [4.69, 9.17) is 9.47 Å². The summed E-state index contributed by atoms with van der Waals surface area (Å²) in [6.07, 6.45) is 3.36. The van der Waals surface area contributed by atoms with Gasteiger partial charge in [0.1, 0.15) is 5.60 Å². The molecule has 1 saturated heterocycles. The third-order valence-corrected chi connectivity index (χ3v) is 3.90. The van der Waals surface area contributed by atoms with Gasteiger partial charge in [0.15, 0.2) is 0 Å². The average Bonchev–Trinajstić information content (AvgIpc) is 2.32. The Hall–Kier alpha value is -0.810. The van der Waals surface area contributed by atoms with E-state index in [1.54, 1.807) is 4.90 Å². The number of nitrogens with zero attached hydrogens (tertiary/aromatic N) is 1. The highest BCUT2D eigenvalue weighted by Gasteiger charge is 2.30. The van der Waals surface area contributed by atoms with Crippen LogP contribution in [-0.4, -0.2) is 53.6 Å². The number of carbonyl (C=O) groups excluding carboxylic acids is 1. The van der Waals surface area contributed by atoms with Crippen molar-refractivity contribution >= 4 is 6.09 Å². The first-order valence-corrected chi connectivity index (χ1v) is 7.61. The molecule has 0 aromatic carbocycles. The molecule has 0 unspecified atom stereocenters. The standard InChI is InChI=1S/C15H27NO4/c1-15(2,3)20-14(18)16-6-4-11(5-7-16)10-19-13-8-12(17)9-13/h11-13,17H,4-10H2,1-3H3. The summed E-state index contributed by atoms with van der Waals surface area (Å²) in [4.78, 5) is 13.7. The minimum Gasteiger partial charge on any atom is -0.444 e. The Bertz CT molecular complexity index is 325. The highest BCUT2D eigenvalue weighted by Crippen LogP contribution is 2.26. The highest BCUT2D eigenvalue weighted by atomic mass is 16.6. The lowest BCUT2D eigenvalue weighted by molar-refractivity contribution is -0.0845. The molecule has 1 heterocycles. The minimum absolute atomic E-state index is 0.158. The van der Waals surface area contributed by atoms with E-state index in [1.165, 1.54) is 0 Å². The van der Waals surface area contributed by atoms with E-state index in [1.807, 2.05) is 20.8 Å². The Morgan fingerprint density at radius 2 is 1.85 bits per heavy atom. The largest absolute Gasteiger partial charge is 0.444 e. The maximum Gasteiger partial charge on any atom is 0.410 e. The number of likely N-dealkylation sites (tertiary alicyclic amines) is 1. The van der Waals surface area contributed by atoms with Gasteiger partial charge in [-0.15, -0.1) is 0 Å². The van der Waals surface area contributed by atoms with Crippen LogP contribution in [-0.2, 0) is 9.47 Å². The maximum absolute atomic E-state index is 11.9. The molecule has 2 aliphatic rings. The first kappa shape index (κ1) is 15.6. The fourth-order valence-electron chi connectivity index (χ4n) is 2.55. The molecule has 0 radical (unpaired) electrons. The van der Waals surface area contributed by atoms with Crippen LogP contribution in [0.25, 0.3) is 0 Å². The van der Waals surface area contributed by atoms with Crippen molar-refractivity contribution in [3.8, 4) is 0 Å². The van der Waals surface area contributed by atoms with Crippen molar-refractivity contribution in [2.75, 3.05) is 19.7 Å². The molecule has 0 atom stereocenters. The lowest BCUT2D eigenvalue weighted by atomic mass is 9.91.